The van der Waals surface area contributed by atoms with Gasteiger partial charge < -0.3 is 16.2 Å². The molecular formula is C12H22N2O3. The Morgan fingerprint density at radius 2 is 2.12 bits per heavy atom. The second kappa shape index (κ2) is 5.49. The highest BCUT2D eigenvalue weighted by molar-refractivity contribution is 5.83. The third kappa shape index (κ3) is 2.97. The summed E-state index contributed by atoms with van der Waals surface area (Å²) in [7, 11) is 0. The molecular weight excluding hydrogens is 220 g/mol. The Labute approximate surface area is 102 Å². The molecule has 0 aromatic carbocycles. The quantitative estimate of drug-likeness (QED) is 0.662. The Hall–Kier alpha value is -1.10. The van der Waals surface area contributed by atoms with Gasteiger partial charge in [0.05, 0.1) is 11.3 Å². The maximum Gasteiger partial charge on any atom is 0.308 e. The minimum atomic E-state index is -0.821. The number of carbonyl (C=O) groups is 2. The summed E-state index contributed by atoms with van der Waals surface area (Å²) in [5.41, 5.74) is 5.02. The van der Waals surface area contributed by atoms with Crippen molar-refractivity contribution >= 4 is 11.9 Å². The summed E-state index contributed by atoms with van der Waals surface area (Å²) >= 11 is 0. The van der Waals surface area contributed by atoms with Crippen LogP contribution < -0.4 is 11.1 Å². The van der Waals surface area contributed by atoms with E-state index in [0.717, 1.165) is 12.8 Å². The molecule has 0 heterocycles. The van der Waals surface area contributed by atoms with E-state index in [1.54, 1.807) is 0 Å². The molecule has 0 aromatic heterocycles. The van der Waals surface area contributed by atoms with Crippen LogP contribution in [0.2, 0.25) is 0 Å². The lowest BCUT2D eigenvalue weighted by atomic mass is 9.86. The number of aliphatic carboxylic acids is 1. The molecule has 3 unspecified atom stereocenters. The van der Waals surface area contributed by atoms with Crippen LogP contribution in [-0.2, 0) is 9.59 Å². The van der Waals surface area contributed by atoms with Gasteiger partial charge in [0, 0.05) is 12.6 Å². The van der Waals surface area contributed by atoms with Gasteiger partial charge in [0.1, 0.15) is 0 Å². The fraction of sp³-hybridized carbons (Fsp3) is 0.833. The normalized spacial score (nSPS) is 27.5. The van der Waals surface area contributed by atoms with E-state index in [0.29, 0.717) is 12.8 Å². The molecule has 1 aliphatic carbocycles. The van der Waals surface area contributed by atoms with Crippen LogP contribution in [0.4, 0.5) is 0 Å². The predicted octanol–water partition coefficient (Wildman–Crippen LogP) is 0.731. The highest BCUT2D eigenvalue weighted by Crippen LogP contribution is 2.28. The van der Waals surface area contributed by atoms with Crippen LogP contribution in [0.5, 0.6) is 0 Å². The highest BCUT2D eigenvalue weighted by atomic mass is 16.4. The smallest absolute Gasteiger partial charge is 0.308 e. The van der Waals surface area contributed by atoms with E-state index in [1.165, 1.54) is 0 Å². The monoisotopic (exact) mass is 242 g/mol. The molecule has 0 aliphatic heterocycles. The first kappa shape index (κ1) is 14.0. The number of carboxylic acid groups (broad SMARTS) is 1. The fourth-order valence-corrected chi connectivity index (χ4v) is 2.17. The number of hydrogen-bond acceptors (Lipinski definition) is 3. The van der Waals surface area contributed by atoms with E-state index in [2.05, 4.69) is 5.32 Å². The Balaban J connectivity index is 2.65. The Kier molecular flexibility index (Phi) is 4.51. The van der Waals surface area contributed by atoms with Gasteiger partial charge in [0.25, 0.3) is 0 Å². The average molecular weight is 242 g/mol. The third-order valence-electron chi connectivity index (χ3n) is 3.93. The summed E-state index contributed by atoms with van der Waals surface area (Å²) in [6.45, 7) is 4.00. The molecule has 3 atom stereocenters. The maximum absolute atomic E-state index is 12.1. The molecule has 4 N–H and O–H groups in total. The van der Waals surface area contributed by atoms with Crippen molar-refractivity contribution in [3.05, 3.63) is 0 Å². The second-order valence-electron chi connectivity index (χ2n) is 5.07. The standard InChI is InChI=1S/C12H22N2O3/c1-3-12(2,7-13)11(17)14-9-6-4-5-8(9)10(15)16/h8-9H,3-7,13H2,1-2H3,(H,14,17)(H,15,16). The Morgan fingerprint density at radius 1 is 1.47 bits per heavy atom. The first-order valence-electron chi connectivity index (χ1n) is 6.18. The number of carboxylic acids is 1. The zero-order valence-corrected chi connectivity index (χ0v) is 10.5. The molecule has 1 amide bonds. The van der Waals surface area contributed by atoms with Crippen molar-refractivity contribution in [1.29, 1.82) is 0 Å². The van der Waals surface area contributed by atoms with Crippen LogP contribution in [0.3, 0.4) is 0 Å². The van der Waals surface area contributed by atoms with Gasteiger partial charge in [-0.05, 0) is 26.2 Å². The van der Waals surface area contributed by atoms with E-state index in [4.69, 9.17) is 10.8 Å². The van der Waals surface area contributed by atoms with Crippen LogP contribution in [0.1, 0.15) is 39.5 Å². The SMILES string of the molecule is CCC(C)(CN)C(=O)NC1CCCC1C(=O)O. The lowest BCUT2D eigenvalue weighted by molar-refractivity contribution is -0.142. The van der Waals surface area contributed by atoms with Crippen molar-refractivity contribution in [1.82, 2.24) is 5.32 Å². The van der Waals surface area contributed by atoms with Crippen LogP contribution in [0, 0.1) is 11.3 Å². The molecule has 1 rings (SSSR count). The summed E-state index contributed by atoms with van der Waals surface area (Å²) in [4.78, 5) is 23.1. The van der Waals surface area contributed by atoms with Gasteiger partial charge in [0.2, 0.25) is 5.91 Å². The first-order valence-corrected chi connectivity index (χ1v) is 6.18. The minimum absolute atomic E-state index is 0.124. The topological polar surface area (TPSA) is 92.4 Å². The van der Waals surface area contributed by atoms with E-state index in [9.17, 15) is 9.59 Å². The molecule has 1 saturated carbocycles. The number of amides is 1. The van der Waals surface area contributed by atoms with Crippen molar-refractivity contribution in [3.8, 4) is 0 Å². The second-order valence-corrected chi connectivity index (χ2v) is 5.07. The molecule has 0 saturated heterocycles. The molecule has 0 aromatic rings. The van der Waals surface area contributed by atoms with E-state index >= 15 is 0 Å². The zero-order valence-electron chi connectivity index (χ0n) is 10.5. The van der Waals surface area contributed by atoms with Gasteiger partial charge in [-0.25, -0.2) is 0 Å². The van der Waals surface area contributed by atoms with Gasteiger partial charge in [-0.3, -0.25) is 9.59 Å². The minimum Gasteiger partial charge on any atom is -0.481 e. The van der Waals surface area contributed by atoms with E-state index < -0.39 is 17.3 Å². The van der Waals surface area contributed by atoms with Crippen LogP contribution in [0.15, 0.2) is 0 Å². The van der Waals surface area contributed by atoms with Gasteiger partial charge in [0.15, 0.2) is 0 Å². The Bertz CT molecular complexity index is 300. The van der Waals surface area contributed by atoms with Crippen molar-refractivity contribution in [2.45, 2.75) is 45.6 Å². The van der Waals surface area contributed by atoms with Crippen molar-refractivity contribution < 1.29 is 14.7 Å². The summed E-state index contributed by atoms with van der Waals surface area (Å²) in [5, 5.41) is 11.9. The van der Waals surface area contributed by atoms with Gasteiger partial charge in [-0.15, -0.1) is 0 Å². The maximum atomic E-state index is 12.1. The lowest BCUT2D eigenvalue weighted by Gasteiger charge is -2.28. The van der Waals surface area contributed by atoms with Crippen molar-refractivity contribution in [3.63, 3.8) is 0 Å². The molecule has 0 spiro atoms. The zero-order chi connectivity index (χ0) is 13.1. The molecule has 1 aliphatic rings. The van der Waals surface area contributed by atoms with Gasteiger partial charge in [-0.1, -0.05) is 13.3 Å². The molecule has 5 heteroatoms. The number of hydrogen-bond donors (Lipinski definition) is 3. The molecule has 17 heavy (non-hydrogen) atoms. The molecule has 0 radical (unpaired) electrons. The first-order chi connectivity index (χ1) is 7.94. The van der Waals surface area contributed by atoms with Crippen molar-refractivity contribution in [2.24, 2.45) is 17.1 Å². The fourth-order valence-electron chi connectivity index (χ4n) is 2.17. The Morgan fingerprint density at radius 3 is 2.59 bits per heavy atom. The summed E-state index contributed by atoms with van der Waals surface area (Å²) in [6, 6.07) is -0.238. The van der Waals surface area contributed by atoms with Crippen LogP contribution in [0.25, 0.3) is 0 Å². The number of rotatable bonds is 5. The summed E-state index contributed by atoms with van der Waals surface area (Å²) in [5.74, 6) is -1.39. The highest BCUT2D eigenvalue weighted by Gasteiger charge is 2.37. The number of nitrogens with one attached hydrogen (secondary N) is 1. The van der Waals surface area contributed by atoms with Gasteiger partial charge in [-0.2, -0.15) is 0 Å². The lowest BCUT2D eigenvalue weighted by Crippen LogP contribution is -2.49. The van der Waals surface area contributed by atoms with E-state index in [-0.39, 0.29) is 18.5 Å². The largest absolute Gasteiger partial charge is 0.481 e. The van der Waals surface area contributed by atoms with Crippen LogP contribution >= 0.6 is 0 Å². The molecule has 5 nitrogen and oxygen atoms in total. The molecule has 0 bridgehead atoms. The molecule has 1 fully saturated rings. The van der Waals surface area contributed by atoms with E-state index in [1.807, 2.05) is 13.8 Å². The van der Waals surface area contributed by atoms with Crippen LogP contribution in [-0.4, -0.2) is 29.6 Å². The number of carbonyl (C=O) groups excluding carboxylic acids is 1. The number of nitrogens with two attached hydrogens (primary N) is 1. The van der Waals surface area contributed by atoms with Crippen molar-refractivity contribution in [2.75, 3.05) is 6.54 Å². The average Bonchev–Trinajstić information content (AvgIpc) is 2.76. The predicted molar refractivity (Wildman–Crippen MR) is 64.4 cm³/mol. The summed E-state index contributed by atoms with van der Waals surface area (Å²) in [6.07, 6.45) is 2.89. The third-order valence-corrected chi connectivity index (χ3v) is 3.93. The van der Waals surface area contributed by atoms with Gasteiger partial charge >= 0.3 is 5.97 Å². The summed E-state index contributed by atoms with van der Waals surface area (Å²) < 4.78 is 0. The molecule has 98 valence electrons.